The molecule has 0 atom stereocenters. The highest BCUT2D eigenvalue weighted by Crippen LogP contribution is 2.30. The second-order valence-electron chi connectivity index (χ2n) is 7.50. The largest absolute Gasteiger partial charge is 0.449 e. The fourth-order valence-electron chi connectivity index (χ4n) is 3.52. The maximum Gasteiger partial charge on any atom is 0.409 e. The lowest BCUT2D eigenvalue weighted by atomic mass is 9.89. The Bertz CT molecular complexity index is 617. The summed E-state index contributed by atoms with van der Waals surface area (Å²) in [6.45, 7) is 4.07. The number of rotatable bonds is 6. The molecule has 1 aliphatic carbocycles. The number of benzene rings is 1. The molecule has 0 aromatic heterocycles. The van der Waals surface area contributed by atoms with Crippen molar-refractivity contribution >= 4 is 12.0 Å². The molecule has 2 fully saturated rings. The van der Waals surface area contributed by atoms with E-state index in [9.17, 15) is 9.59 Å². The van der Waals surface area contributed by atoms with Crippen LogP contribution in [0.15, 0.2) is 24.3 Å². The number of nitrogens with zero attached hydrogens (tertiary/aromatic N) is 2. The minimum Gasteiger partial charge on any atom is -0.449 e. The Hall–Kier alpha value is -2.04. The Kier molecular flexibility index (Phi) is 6.17. The Morgan fingerprint density at radius 3 is 2.35 bits per heavy atom. The van der Waals surface area contributed by atoms with Crippen molar-refractivity contribution in [3.63, 3.8) is 0 Å². The number of likely N-dealkylation sites (tertiary alicyclic amines) is 1. The van der Waals surface area contributed by atoms with Crippen molar-refractivity contribution in [1.82, 2.24) is 9.80 Å². The fourth-order valence-corrected chi connectivity index (χ4v) is 3.52. The van der Waals surface area contributed by atoms with Gasteiger partial charge in [0.05, 0.1) is 6.61 Å². The van der Waals surface area contributed by atoms with Gasteiger partial charge >= 0.3 is 6.09 Å². The van der Waals surface area contributed by atoms with Gasteiger partial charge in [0, 0.05) is 31.7 Å². The van der Waals surface area contributed by atoms with Crippen LogP contribution < -0.4 is 0 Å². The maximum atomic E-state index is 12.4. The van der Waals surface area contributed by atoms with Crippen molar-refractivity contribution in [3.8, 4) is 0 Å². The summed E-state index contributed by atoms with van der Waals surface area (Å²) in [5.41, 5.74) is 2.02. The first kappa shape index (κ1) is 18.7. The number of amides is 2. The molecule has 0 bridgehead atoms. The molecule has 1 aliphatic heterocycles. The van der Waals surface area contributed by atoms with E-state index in [4.69, 9.17) is 4.74 Å². The molecular weight excluding hydrogens is 328 g/mol. The van der Waals surface area contributed by atoms with Gasteiger partial charge in [-0.15, -0.1) is 0 Å². The van der Waals surface area contributed by atoms with E-state index >= 15 is 0 Å². The Morgan fingerprint density at radius 1 is 1.12 bits per heavy atom. The van der Waals surface area contributed by atoms with E-state index in [1.165, 1.54) is 5.56 Å². The number of carbonyl (C=O) groups excluding carboxylic acids is 2. The highest BCUT2D eigenvalue weighted by molar-refractivity contribution is 5.94. The highest BCUT2D eigenvalue weighted by Gasteiger charge is 2.30. The lowest BCUT2D eigenvalue weighted by molar-refractivity contribution is 0.0784. The van der Waals surface area contributed by atoms with E-state index in [0.29, 0.717) is 18.6 Å². The van der Waals surface area contributed by atoms with Gasteiger partial charge in [-0.3, -0.25) is 4.79 Å². The van der Waals surface area contributed by atoms with E-state index in [-0.39, 0.29) is 12.0 Å². The van der Waals surface area contributed by atoms with Crippen LogP contribution in [0.4, 0.5) is 4.79 Å². The van der Waals surface area contributed by atoms with Gasteiger partial charge in [-0.1, -0.05) is 25.5 Å². The summed E-state index contributed by atoms with van der Waals surface area (Å²) in [6.07, 6.45) is 5.91. The van der Waals surface area contributed by atoms with Crippen LogP contribution in [0.5, 0.6) is 0 Å². The monoisotopic (exact) mass is 358 g/mol. The number of piperidine rings is 1. The smallest absolute Gasteiger partial charge is 0.409 e. The van der Waals surface area contributed by atoms with Gasteiger partial charge in [-0.25, -0.2) is 4.79 Å². The molecule has 142 valence electrons. The van der Waals surface area contributed by atoms with Crippen molar-refractivity contribution in [2.45, 2.75) is 57.4 Å². The minimum atomic E-state index is -0.180. The summed E-state index contributed by atoms with van der Waals surface area (Å²) < 4.78 is 5.30. The van der Waals surface area contributed by atoms with E-state index in [1.54, 1.807) is 0 Å². The quantitative estimate of drug-likeness (QED) is 0.721. The topological polar surface area (TPSA) is 49.9 Å². The third-order valence-corrected chi connectivity index (χ3v) is 5.52. The summed E-state index contributed by atoms with van der Waals surface area (Å²) in [5, 5.41) is 0. The van der Waals surface area contributed by atoms with Gasteiger partial charge in [-0.2, -0.15) is 0 Å². The summed E-state index contributed by atoms with van der Waals surface area (Å²) >= 11 is 0. The van der Waals surface area contributed by atoms with Crippen molar-refractivity contribution in [1.29, 1.82) is 0 Å². The normalized spacial score (nSPS) is 17.8. The third-order valence-electron chi connectivity index (χ3n) is 5.52. The van der Waals surface area contributed by atoms with Gasteiger partial charge in [0.15, 0.2) is 0 Å². The first-order chi connectivity index (χ1) is 12.6. The average molecular weight is 358 g/mol. The average Bonchev–Trinajstić information content (AvgIpc) is 3.52. The summed E-state index contributed by atoms with van der Waals surface area (Å²) in [5.74, 6) is 0.559. The zero-order valence-electron chi connectivity index (χ0n) is 15.9. The van der Waals surface area contributed by atoms with Crippen LogP contribution in [0, 0.1) is 0 Å². The first-order valence-corrected chi connectivity index (χ1v) is 9.89. The van der Waals surface area contributed by atoms with Gasteiger partial charge in [-0.05, 0) is 55.7 Å². The van der Waals surface area contributed by atoms with Crippen LogP contribution >= 0.6 is 0 Å². The Balaban J connectivity index is 1.50. The molecule has 1 saturated carbocycles. The van der Waals surface area contributed by atoms with Crippen molar-refractivity contribution in [2.24, 2.45) is 0 Å². The SMILES string of the molecule is CCCCOC(=O)N1CCC(c2ccc(C(=O)N(C)C3CC3)cc2)CC1. The molecule has 3 rings (SSSR count). The second kappa shape index (κ2) is 8.56. The molecule has 1 saturated heterocycles. The maximum absolute atomic E-state index is 12.4. The summed E-state index contributed by atoms with van der Waals surface area (Å²) in [7, 11) is 1.89. The van der Waals surface area contributed by atoms with Gasteiger partial charge < -0.3 is 14.5 Å². The predicted octanol–water partition coefficient (Wildman–Crippen LogP) is 4.04. The molecule has 26 heavy (non-hydrogen) atoms. The van der Waals surface area contributed by atoms with Crippen molar-refractivity contribution in [2.75, 3.05) is 26.7 Å². The van der Waals surface area contributed by atoms with E-state index in [2.05, 4.69) is 19.1 Å². The first-order valence-electron chi connectivity index (χ1n) is 9.89. The van der Waals surface area contributed by atoms with Crippen LogP contribution in [0.1, 0.15) is 67.3 Å². The molecule has 0 radical (unpaired) electrons. The fraction of sp³-hybridized carbons (Fsp3) is 0.619. The van der Waals surface area contributed by atoms with Crippen LogP contribution in [0.25, 0.3) is 0 Å². The molecule has 2 aliphatic rings. The molecule has 2 amide bonds. The zero-order chi connectivity index (χ0) is 18.5. The second-order valence-corrected chi connectivity index (χ2v) is 7.50. The molecule has 1 aromatic rings. The standard InChI is InChI=1S/C21H30N2O3/c1-3-4-15-26-21(25)23-13-11-17(12-14-23)16-5-7-18(8-6-16)20(24)22(2)19-9-10-19/h5-8,17,19H,3-4,9-15H2,1-2H3. The van der Waals surface area contributed by atoms with Crippen molar-refractivity contribution in [3.05, 3.63) is 35.4 Å². The van der Waals surface area contributed by atoms with Gasteiger partial charge in [0.2, 0.25) is 0 Å². The third kappa shape index (κ3) is 4.57. The van der Waals surface area contributed by atoms with Crippen LogP contribution in [-0.4, -0.2) is 54.6 Å². The highest BCUT2D eigenvalue weighted by atomic mass is 16.6. The van der Waals surface area contributed by atoms with Crippen LogP contribution in [-0.2, 0) is 4.74 Å². The lowest BCUT2D eigenvalue weighted by Crippen LogP contribution is -2.38. The predicted molar refractivity (Wildman–Crippen MR) is 101 cm³/mol. The molecule has 1 aromatic carbocycles. The van der Waals surface area contributed by atoms with Crippen LogP contribution in [0.2, 0.25) is 0 Å². The number of carbonyl (C=O) groups is 2. The van der Waals surface area contributed by atoms with Gasteiger partial charge in [0.25, 0.3) is 5.91 Å². The Morgan fingerprint density at radius 2 is 1.77 bits per heavy atom. The minimum absolute atomic E-state index is 0.115. The van der Waals surface area contributed by atoms with Gasteiger partial charge in [0.1, 0.15) is 0 Å². The number of hydrogen-bond acceptors (Lipinski definition) is 3. The zero-order valence-corrected chi connectivity index (χ0v) is 15.9. The molecule has 0 unspecified atom stereocenters. The molecule has 5 nitrogen and oxygen atoms in total. The number of hydrogen-bond donors (Lipinski definition) is 0. The molecular formula is C21H30N2O3. The van der Waals surface area contributed by atoms with E-state index in [1.807, 2.05) is 29.0 Å². The van der Waals surface area contributed by atoms with E-state index in [0.717, 1.165) is 57.2 Å². The number of ether oxygens (including phenoxy) is 1. The van der Waals surface area contributed by atoms with E-state index < -0.39 is 0 Å². The molecule has 0 N–H and O–H groups in total. The lowest BCUT2D eigenvalue weighted by Gasteiger charge is -2.31. The molecule has 1 heterocycles. The summed E-state index contributed by atoms with van der Waals surface area (Å²) in [6, 6.07) is 8.48. The van der Waals surface area contributed by atoms with Crippen LogP contribution in [0.3, 0.4) is 0 Å². The van der Waals surface area contributed by atoms with Crippen molar-refractivity contribution < 1.29 is 14.3 Å². The molecule has 0 spiro atoms. The molecule has 5 heteroatoms. The Labute approximate surface area is 156 Å². The summed E-state index contributed by atoms with van der Waals surface area (Å²) in [4.78, 5) is 28.1. The number of unbranched alkanes of at least 4 members (excludes halogenated alkanes) is 1.